The molecule has 0 bridgehead atoms. The SMILES string of the molecule is Cc1noc2ncc(C(=O)NCc3cccc(N(C)C)c3)cc12. The maximum absolute atomic E-state index is 12.3. The number of fused-ring (bicyclic) bond motifs is 1. The molecule has 0 aliphatic heterocycles. The zero-order valence-electron chi connectivity index (χ0n) is 13.3. The molecule has 2 aromatic heterocycles. The summed E-state index contributed by atoms with van der Waals surface area (Å²) in [7, 11) is 3.97. The van der Waals surface area contributed by atoms with Crippen LogP contribution >= 0.6 is 0 Å². The van der Waals surface area contributed by atoms with Crippen molar-refractivity contribution in [2.45, 2.75) is 13.5 Å². The van der Waals surface area contributed by atoms with Gasteiger partial charge in [0.2, 0.25) is 0 Å². The molecular weight excluding hydrogens is 292 g/mol. The van der Waals surface area contributed by atoms with Crippen LogP contribution in [0, 0.1) is 6.92 Å². The number of amides is 1. The van der Waals surface area contributed by atoms with Gasteiger partial charge in [0.15, 0.2) is 0 Å². The molecule has 0 unspecified atom stereocenters. The van der Waals surface area contributed by atoms with Crippen LogP contribution in [0.25, 0.3) is 11.1 Å². The first-order valence-corrected chi connectivity index (χ1v) is 7.31. The van der Waals surface area contributed by atoms with Gasteiger partial charge in [-0.2, -0.15) is 0 Å². The van der Waals surface area contributed by atoms with Crippen molar-refractivity contribution in [2.75, 3.05) is 19.0 Å². The summed E-state index contributed by atoms with van der Waals surface area (Å²) < 4.78 is 5.05. The van der Waals surface area contributed by atoms with Gasteiger partial charge in [-0.3, -0.25) is 4.79 Å². The van der Waals surface area contributed by atoms with Crippen molar-refractivity contribution in [1.29, 1.82) is 0 Å². The lowest BCUT2D eigenvalue weighted by atomic mass is 10.1. The van der Waals surface area contributed by atoms with Crippen molar-refractivity contribution >= 4 is 22.7 Å². The lowest BCUT2D eigenvalue weighted by Gasteiger charge is -2.13. The summed E-state index contributed by atoms with van der Waals surface area (Å²) in [6.45, 7) is 2.28. The van der Waals surface area contributed by atoms with E-state index in [-0.39, 0.29) is 5.91 Å². The number of aromatic nitrogens is 2. The summed E-state index contributed by atoms with van der Waals surface area (Å²) in [5.74, 6) is -0.171. The molecule has 0 saturated carbocycles. The van der Waals surface area contributed by atoms with E-state index in [0.29, 0.717) is 17.8 Å². The van der Waals surface area contributed by atoms with Gasteiger partial charge < -0.3 is 14.7 Å². The Morgan fingerprint density at radius 2 is 2.13 bits per heavy atom. The van der Waals surface area contributed by atoms with Gasteiger partial charge in [0.1, 0.15) is 0 Å². The molecule has 1 aromatic carbocycles. The van der Waals surface area contributed by atoms with Crippen LogP contribution in [0.5, 0.6) is 0 Å². The number of nitrogens with one attached hydrogen (secondary N) is 1. The maximum Gasteiger partial charge on any atom is 0.257 e. The van der Waals surface area contributed by atoms with Crippen LogP contribution in [0.1, 0.15) is 21.6 Å². The number of hydrogen-bond donors (Lipinski definition) is 1. The molecule has 0 aliphatic rings. The third-order valence-corrected chi connectivity index (χ3v) is 3.65. The quantitative estimate of drug-likeness (QED) is 0.802. The number of carbonyl (C=O) groups excluding carboxylic acids is 1. The minimum atomic E-state index is -0.171. The smallest absolute Gasteiger partial charge is 0.257 e. The summed E-state index contributed by atoms with van der Waals surface area (Å²) in [5.41, 5.74) is 3.80. The molecular formula is C17H18N4O2. The zero-order valence-corrected chi connectivity index (χ0v) is 13.3. The molecule has 1 amide bonds. The van der Waals surface area contributed by atoms with Gasteiger partial charge in [-0.05, 0) is 30.7 Å². The average Bonchev–Trinajstić information content (AvgIpc) is 2.93. The van der Waals surface area contributed by atoms with Crippen LogP contribution < -0.4 is 10.2 Å². The van der Waals surface area contributed by atoms with E-state index in [1.165, 1.54) is 6.20 Å². The highest BCUT2D eigenvalue weighted by molar-refractivity contribution is 5.96. The Bertz CT molecular complexity index is 855. The number of nitrogens with zero attached hydrogens (tertiary/aromatic N) is 3. The molecule has 2 heterocycles. The van der Waals surface area contributed by atoms with E-state index in [1.807, 2.05) is 50.2 Å². The molecule has 1 N–H and O–H groups in total. The number of aryl methyl sites for hydroxylation is 1. The van der Waals surface area contributed by atoms with Crippen LogP contribution in [-0.2, 0) is 6.54 Å². The molecule has 0 fully saturated rings. The summed E-state index contributed by atoms with van der Waals surface area (Å²) in [6, 6.07) is 9.78. The van der Waals surface area contributed by atoms with Gasteiger partial charge in [-0.1, -0.05) is 17.3 Å². The van der Waals surface area contributed by atoms with Gasteiger partial charge in [0, 0.05) is 32.5 Å². The van der Waals surface area contributed by atoms with E-state index in [1.54, 1.807) is 6.07 Å². The van der Waals surface area contributed by atoms with Gasteiger partial charge >= 0.3 is 0 Å². The van der Waals surface area contributed by atoms with Crippen LogP contribution in [-0.4, -0.2) is 30.1 Å². The highest BCUT2D eigenvalue weighted by Gasteiger charge is 2.11. The van der Waals surface area contributed by atoms with Crippen molar-refractivity contribution in [3.63, 3.8) is 0 Å². The van der Waals surface area contributed by atoms with E-state index < -0.39 is 0 Å². The van der Waals surface area contributed by atoms with Crippen molar-refractivity contribution in [3.8, 4) is 0 Å². The van der Waals surface area contributed by atoms with Crippen LogP contribution in [0.4, 0.5) is 5.69 Å². The number of anilines is 1. The number of hydrogen-bond acceptors (Lipinski definition) is 5. The Hall–Kier alpha value is -2.89. The summed E-state index contributed by atoms with van der Waals surface area (Å²) in [4.78, 5) is 18.4. The molecule has 6 heteroatoms. The number of carbonyl (C=O) groups is 1. The predicted molar refractivity (Wildman–Crippen MR) is 88.5 cm³/mol. The second kappa shape index (κ2) is 6.08. The summed E-state index contributed by atoms with van der Waals surface area (Å²) >= 11 is 0. The maximum atomic E-state index is 12.3. The Balaban J connectivity index is 1.73. The highest BCUT2D eigenvalue weighted by Crippen LogP contribution is 2.17. The van der Waals surface area contributed by atoms with Crippen LogP contribution in [0.15, 0.2) is 41.1 Å². The second-order valence-electron chi connectivity index (χ2n) is 5.59. The Morgan fingerprint density at radius 1 is 1.30 bits per heavy atom. The molecule has 6 nitrogen and oxygen atoms in total. The monoisotopic (exact) mass is 310 g/mol. The van der Waals surface area contributed by atoms with E-state index in [9.17, 15) is 4.79 Å². The lowest BCUT2D eigenvalue weighted by Crippen LogP contribution is -2.23. The Labute approximate surface area is 134 Å². The number of rotatable bonds is 4. The molecule has 0 spiro atoms. The fraction of sp³-hybridized carbons (Fsp3) is 0.235. The van der Waals surface area contributed by atoms with E-state index in [2.05, 4.69) is 15.5 Å². The van der Waals surface area contributed by atoms with Crippen molar-refractivity contribution in [3.05, 3.63) is 53.3 Å². The minimum Gasteiger partial charge on any atom is -0.378 e. The van der Waals surface area contributed by atoms with E-state index in [4.69, 9.17) is 4.52 Å². The van der Waals surface area contributed by atoms with Crippen LogP contribution in [0.2, 0.25) is 0 Å². The molecule has 23 heavy (non-hydrogen) atoms. The Kier molecular flexibility index (Phi) is 3.97. The van der Waals surface area contributed by atoms with Gasteiger partial charge in [0.25, 0.3) is 11.6 Å². The minimum absolute atomic E-state index is 0.171. The first-order chi connectivity index (χ1) is 11.0. The number of benzene rings is 1. The van der Waals surface area contributed by atoms with E-state index in [0.717, 1.165) is 22.3 Å². The van der Waals surface area contributed by atoms with Crippen molar-refractivity contribution < 1.29 is 9.32 Å². The number of pyridine rings is 1. The largest absolute Gasteiger partial charge is 0.378 e. The lowest BCUT2D eigenvalue weighted by molar-refractivity contribution is 0.0950. The normalized spacial score (nSPS) is 10.7. The average molecular weight is 310 g/mol. The first kappa shape index (κ1) is 15.0. The van der Waals surface area contributed by atoms with Gasteiger partial charge in [-0.25, -0.2) is 4.98 Å². The molecule has 0 saturated heterocycles. The fourth-order valence-corrected chi connectivity index (χ4v) is 2.30. The topological polar surface area (TPSA) is 71.3 Å². The van der Waals surface area contributed by atoms with Crippen molar-refractivity contribution in [2.24, 2.45) is 0 Å². The molecule has 3 aromatic rings. The molecule has 118 valence electrons. The zero-order chi connectivity index (χ0) is 16.4. The molecule has 0 aliphatic carbocycles. The van der Waals surface area contributed by atoms with E-state index >= 15 is 0 Å². The summed E-state index contributed by atoms with van der Waals surface area (Å²) in [5, 5.41) is 7.51. The van der Waals surface area contributed by atoms with Crippen molar-refractivity contribution in [1.82, 2.24) is 15.5 Å². The molecule has 3 rings (SSSR count). The van der Waals surface area contributed by atoms with Gasteiger partial charge in [-0.15, -0.1) is 0 Å². The Morgan fingerprint density at radius 3 is 2.91 bits per heavy atom. The third-order valence-electron chi connectivity index (χ3n) is 3.65. The highest BCUT2D eigenvalue weighted by atomic mass is 16.5. The standard InChI is InChI=1S/C17H18N4O2/c1-11-15-8-13(10-19-17(15)23-20-11)16(22)18-9-12-5-4-6-14(7-12)21(2)3/h4-8,10H,9H2,1-3H3,(H,18,22). The van der Waals surface area contributed by atoms with Gasteiger partial charge in [0.05, 0.1) is 16.6 Å². The summed E-state index contributed by atoms with van der Waals surface area (Å²) in [6.07, 6.45) is 1.50. The predicted octanol–water partition coefficient (Wildman–Crippen LogP) is 2.53. The third kappa shape index (κ3) is 3.15. The molecule has 0 radical (unpaired) electrons. The first-order valence-electron chi connectivity index (χ1n) is 7.31. The molecule has 0 atom stereocenters. The fourth-order valence-electron chi connectivity index (χ4n) is 2.30. The second-order valence-corrected chi connectivity index (χ2v) is 5.59. The van der Waals surface area contributed by atoms with Crippen LogP contribution in [0.3, 0.4) is 0 Å².